The van der Waals surface area contributed by atoms with Crippen LogP contribution in [0.3, 0.4) is 0 Å². The van der Waals surface area contributed by atoms with E-state index >= 15 is 0 Å². The summed E-state index contributed by atoms with van der Waals surface area (Å²) >= 11 is 0. The average Bonchev–Trinajstić information content (AvgIpc) is 3.37. The summed E-state index contributed by atoms with van der Waals surface area (Å²) in [4.78, 5) is 31.9. The van der Waals surface area contributed by atoms with E-state index in [1.807, 2.05) is 115 Å². The highest BCUT2D eigenvalue weighted by Gasteiger charge is 2.33. The van der Waals surface area contributed by atoms with Gasteiger partial charge in [0, 0.05) is 66.8 Å². The Morgan fingerprint density at radius 3 is 1.83 bits per heavy atom. The lowest BCUT2D eigenvalue weighted by atomic mass is 10.0. The minimum atomic E-state index is -4.27. The summed E-state index contributed by atoms with van der Waals surface area (Å²) in [5.74, 6) is -1.19. The standard InChI is InChI=1S/C35H49N4O7P/c1-26-14-15-31-30(20-26)27(16-19-36(8)9)23-39(31)47(42,45-24-43-32(40)28-12-10-17-37(21-28)34(2,3)4)46-25-44-33(41)29-13-11-18-38(22-29)35(5,6)7/h10-11,14-15,17-18,20-23H,12-13,16,19,24-25H2,1-9H3. The Bertz CT molecular complexity index is 1570. The Hall–Kier alpha value is -3.63. The molecule has 2 aliphatic rings. The number of rotatable bonds is 12. The van der Waals surface area contributed by atoms with Gasteiger partial charge in [0.25, 0.3) is 0 Å². The lowest BCUT2D eigenvalue weighted by Gasteiger charge is -2.34. The van der Waals surface area contributed by atoms with Crippen molar-refractivity contribution < 1.29 is 32.7 Å². The molecule has 0 spiro atoms. The highest BCUT2D eigenvalue weighted by atomic mass is 31.2. The molecule has 0 saturated heterocycles. The number of nitrogens with zero attached hydrogens (tertiary/aromatic N) is 4. The molecule has 0 radical (unpaired) electrons. The minimum absolute atomic E-state index is 0.229. The zero-order chi connectivity index (χ0) is 34.6. The smallest absolute Gasteiger partial charge is 0.434 e. The van der Waals surface area contributed by atoms with E-state index < -0.39 is 33.3 Å². The highest BCUT2D eigenvalue weighted by molar-refractivity contribution is 7.52. The first-order valence-electron chi connectivity index (χ1n) is 15.8. The van der Waals surface area contributed by atoms with Crippen LogP contribution in [-0.2, 0) is 39.1 Å². The molecule has 2 aromatic rings. The zero-order valence-corrected chi connectivity index (χ0v) is 30.0. The summed E-state index contributed by atoms with van der Waals surface area (Å²) in [6, 6.07) is 5.78. The number of benzene rings is 1. The van der Waals surface area contributed by atoms with Gasteiger partial charge in [-0.25, -0.2) is 14.2 Å². The molecule has 1 aromatic heterocycles. The first-order valence-corrected chi connectivity index (χ1v) is 17.3. The van der Waals surface area contributed by atoms with E-state index in [0.29, 0.717) is 35.9 Å². The predicted octanol–water partition coefficient (Wildman–Crippen LogP) is 6.85. The van der Waals surface area contributed by atoms with Gasteiger partial charge in [0.1, 0.15) is 0 Å². The first-order chi connectivity index (χ1) is 22.0. The number of allylic oxidation sites excluding steroid dienone is 2. The highest BCUT2D eigenvalue weighted by Crippen LogP contribution is 2.52. The van der Waals surface area contributed by atoms with Crippen molar-refractivity contribution in [2.24, 2.45) is 0 Å². The summed E-state index contributed by atoms with van der Waals surface area (Å²) in [7, 11) is -0.294. The molecule has 12 heteroatoms. The van der Waals surface area contributed by atoms with E-state index in [1.165, 1.54) is 4.34 Å². The van der Waals surface area contributed by atoms with Crippen LogP contribution in [0.25, 0.3) is 10.9 Å². The number of likely N-dealkylation sites (N-methyl/N-ethyl adjacent to an activating group) is 1. The second-order valence-corrected chi connectivity index (χ2v) is 15.9. The molecule has 4 rings (SSSR count). The van der Waals surface area contributed by atoms with E-state index in [2.05, 4.69) is 4.90 Å². The molecule has 2 aliphatic heterocycles. The van der Waals surface area contributed by atoms with Crippen molar-refractivity contribution >= 4 is 30.6 Å². The Balaban J connectivity index is 1.56. The van der Waals surface area contributed by atoms with Crippen molar-refractivity contribution in [3.63, 3.8) is 0 Å². The normalized spacial score (nSPS) is 15.7. The maximum atomic E-state index is 14.6. The minimum Gasteiger partial charge on any atom is -0.434 e. The number of fused-ring (bicyclic) bond motifs is 1. The van der Waals surface area contributed by atoms with Crippen molar-refractivity contribution in [3.8, 4) is 0 Å². The maximum Gasteiger partial charge on any atom is 0.445 e. The van der Waals surface area contributed by atoms with Gasteiger partial charge in [-0.3, -0.25) is 13.4 Å². The number of carbonyl (C=O) groups excluding carboxylic acids is 2. The molecule has 0 amide bonds. The topological polar surface area (TPSA) is 103 Å². The van der Waals surface area contributed by atoms with Crippen molar-refractivity contribution in [1.82, 2.24) is 19.0 Å². The van der Waals surface area contributed by atoms with Gasteiger partial charge < -0.3 is 24.2 Å². The number of esters is 2. The molecular weight excluding hydrogens is 619 g/mol. The van der Waals surface area contributed by atoms with Gasteiger partial charge in [-0.2, -0.15) is 0 Å². The second kappa shape index (κ2) is 14.6. The van der Waals surface area contributed by atoms with Crippen LogP contribution in [0.5, 0.6) is 0 Å². The lowest BCUT2D eigenvalue weighted by Crippen LogP contribution is -2.35. The van der Waals surface area contributed by atoms with E-state index in [9.17, 15) is 14.2 Å². The largest absolute Gasteiger partial charge is 0.445 e. The molecule has 0 bridgehead atoms. The third-order valence-electron chi connectivity index (χ3n) is 7.80. The van der Waals surface area contributed by atoms with E-state index in [4.69, 9.17) is 18.5 Å². The fraction of sp³-hybridized carbons (Fsp3) is 0.486. The molecule has 11 nitrogen and oxygen atoms in total. The summed E-state index contributed by atoms with van der Waals surface area (Å²) < 4.78 is 38.5. The average molecular weight is 669 g/mol. The van der Waals surface area contributed by atoms with E-state index in [-0.39, 0.29) is 11.1 Å². The molecular formula is C35H49N4O7P. The number of carbonyl (C=O) groups is 2. The Morgan fingerprint density at radius 1 is 0.851 bits per heavy atom. The van der Waals surface area contributed by atoms with E-state index in [0.717, 1.165) is 23.1 Å². The number of hydrogen-bond acceptors (Lipinski definition) is 10. The number of aromatic nitrogens is 1. The molecule has 256 valence electrons. The van der Waals surface area contributed by atoms with Gasteiger partial charge in [0.2, 0.25) is 13.6 Å². The first kappa shape index (κ1) is 36.2. The van der Waals surface area contributed by atoms with Crippen molar-refractivity contribution in [3.05, 3.63) is 83.6 Å². The second-order valence-electron chi connectivity index (χ2n) is 14.0. The molecule has 47 heavy (non-hydrogen) atoms. The predicted molar refractivity (Wildman–Crippen MR) is 183 cm³/mol. The number of hydrogen-bond donors (Lipinski definition) is 0. The Morgan fingerprint density at radius 2 is 1.36 bits per heavy atom. The van der Waals surface area contributed by atoms with Gasteiger partial charge in [0.15, 0.2) is 0 Å². The van der Waals surface area contributed by atoms with Crippen molar-refractivity contribution in [2.75, 3.05) is 34.2 Å². The monoisotopic (exact) mass is 668 g/mol. The van der Waals surface area contributed by atoms with Gasteiger partial charge >= 0.3 is 19.7 Å². The van der Waals surface area contributed by atoms with Crippen LogP contribution in [0.1, 0.15) is 65.5 Å². The van der Waals surface area contributed by atoms with Crippen LogP contribution in [0, 0.1) is 6.92 Å². The fourth-order valence-electron chi connectivity index (χ4n) is 5.00. The van der Waals surface area contributed by atoms with Crippen molar-refractivity contribution in [1.29, 1.82) is 0 Å². The van der Waals surface area contributed by atoms with Crippen LogP contribution in [0.15, 0.2) is 72.5 Å². The van der Waals surface area contributed by atoms with Crippen LogP contribution in [0.4, 0.5) is 0 Å². The molecule has 1 aromatic carbocycles. The molecule has 0 fully saturated rings. The van der Waals surface area contributed by atoms with Crippen LogP contribution < -0.4 is 0 Å². The Labute approximate surface area is 278 Å². The van der Waals surface area contributed by atoms with Gasteiger partial charge in [0.05, 0.1) is 16.7 Å². The molecule has 3 heterocycles. The van der Waals surface area contributed by atoms with Gasteiger partial charge in [-0.05, 0) is 86.7 Å². The van der Waals surface area contributed by atoms with Crippen LogP contribution in [-0.4, -0.2) is 76.3 Å². The Kier molecular flexibility index (Phi) is 11.3. The summed E-state index contributed by atoms with van der Waals surface area (Å²) in [6.45, 7) is 13.7. The molecule has 0 N–H and O–H groups in total. The summed E-state index contributed by atoms with van der Waals surface area (Å²) in [5.41, 5.74) is 3.01. The lowest BCUT2D eigenvalue weighted by molar-refractivity contribution is -0.147. The number of aryl methyl sites for hydroxylation is 1. The molecule has 0 unspecified atom stereocenters. The van der Waals surface area contributed by atoms with E-state index in [1.54, 1.807) is 18.6 Å². The molecule has 0 saturated carbocycles. The number of ether oxygens (including phenoxy) is 2. The SMILES string of the molecule is Cc1ccc2c(c1)c(CCN(C)C)cn2P(=O)(OCOC(=O)C1=CN(C(C)(C)C)C=CC1)OCOC(=O)C1=CN(C(C)(C)C)C=CC1. The summed E-state index contributed by atoms with van der Waals surface area (Å²) in [5, 5.41) is 0.899. The van der Waals surface area contributed by atoms with Gasteiger partial charge in [-0.1, -0.05) is 23.8 Å². The van der Waals surface area contributed by atoms with Crippen LogP contribution >= 0.6 is 7.75 Å². The third kappa shape index (κ3) is 9.26. The molecule has 0 aliphatic carbocycles. The third-order valence-corrected chi connectivity index (χ3v) is 9.52. The fourth-order valence-corrected chi connectivity index (χ4v) is 6.41. The van der Waals surface area contributed by atoms with Crippen LogP contribution in [0.2, 0.25) is 0 Å². The molecule has 0 atom stereocenters. The van der Waals surface area contributed by atoms with Crippen molar-refractivity contribution in [2.45, 2.75) is 78.8 Å². The summed E-state index contributed by atoms with van der Waals surface area (Å²) in [6.07, 6.45) is 14.3. The quantitative estimate of drug-likeness (QED) is 0.136. The maximum absolute atomic E-state index is 14.6. The zero-order valence-electron chi connectivity index (χ0n) is 29.1. The van der Waals surface area contributed by atoms with Gasteiger partial charge in [-0.15, -0.1) is 0 Å².